The van der Waals surface area contributed by atoms with Crippen LogP contribution in [0.1, 0.15) is 60.4 Å². The van der Waals surface area contributed by atoms with Crippen LogP contribution in [0.2, 0.25) is 10.0 Å². The van der Waals surface area contributed by atoms with Gasteiger partial charge in [-0.15, -0.1) is 0 Å². The Kier molecular flexibility index (Phi) is 8.82. The summed E-state index contributed by atoms with van der Waals surface area (Å²) < 4.78 is 2.33. The number of rotatable bonds is 10. The molecule has 3 N–H and O–H groups in total. The van der Waals surface area contributed by atoms with Gasteiger partial charge < -0.3 is 20.3 Å². The van der Waals surface area contributed by atoms with Crippen molar-refractivity contribution >= 4 is 62.5 Å². The number of nitrogens with zero attached hydrogens (tertiary/aromatic N) is 3. The van der Waals surface area contributed by atoms with Gasteiger partial charge in [-0.25, -0.2) is 9.78 Å². The Morgan fingerprint density at radius 3 is 2.37 bits per heavy atom. The average molecular weight is 661 g/mol. The molecule has 41 heavy (non-hydrogen) atoms. The summed E-state index contributed by atoms with van der Waals surface area (Å²) in [6.07, 6.45) is 12.7. The average Bonchev–Trinajstić information content (AvgIpc) is 3.49. The van der Waals surface area contributed by atoms with Gasteiger partial charge in [0.1, 0.15) is 6.04 Å². The molecule has 3 aromatic rings. The largest absolute Gasteiger partial charge is 0.480 e. The van der Waals surface area contributed by atoms with Crippen molar-refractivity contribution in [2.45, 2.75) is 57.0 Å². The maximum atomic E-state index is 12.9. The highest BCUT2D eigenvalue weighted by Crippen LogP contribution is 2.53. The molecule has 2 aliphatic carbocycles. The summed E-state index contributed by atoms with van der Waals surface area (Å²) in [7, 11) is 0. The lowest BCUT2D eigenvalue weighted by Crippen LogP contribution is -2.54. The first-order valence-corrected chi connectivity index (χ1v) is 14.9. The first-order valence-electron chi connectivity index (χ1n) is 13.3. The third-order valence-electron chi connectivity index (χ3n) is 7.94. The third-order valence-corrected chi connectivity index (χ3v) is 9.27. The van der Waals surface area contributed by atoms with E-state index in [0.29, 0.717) is 28.8 Å². The summed E-state index contributed by atoms with van der Waals surface area (Å²) in [4.78, 5) is 46.5. The minimum atomic E-state index is -1.02. The molecule has 214 valence electrons. The van der Waals surface area contributed by atoms with Crippen molar-refractivity contribution in [1.29, 1.82) is 0 Å². The van der Waals surface area contributed by atoms with E-state index >= 15 is 0 Å². The SMILES string of the molecule is O=C(Nc1ccc(C(CCn2ccnc2)[C@H](NC2=C(Br)C(=O)C23CCCCC3)C(=O)O)cc1)c1c(Cl)cncc1Cl. The van der Waals surface area contributed by atoms with Crippen molar-refractivity contribution < 1.29 is 19.5 Å². The molecule has 2 aliphatic rings. The van der Waals surface area contributed by atoms with Crippen molar-refractivity contribution in [1.82, 2.24) is 19.9 Å². The Morgan fingerprint density at radius 2 is 1.76 bits per heavy atom. The van der Waals surface area contributed by atoms with Crippen molar-refractivity contribution in [3.8, 4) is 0 Å². The van der Waals surface area contributed by atoms with Crippen molar-refractivity contribution in [2.75, 3.05) is 5.32 Å². The van der Waals surface area contributed by atoms with Gasteiger partial charge in [0.25, 0.3) is 5.91 Å². The van der Waals surface area contributed by atoms with Crippen LogP contribution in [0.4, 0.5) is 5.69 Å². The number of aromatic nitrogens is 3. The number of pyridine rings is 1. The predicted molar refractivity (Wildman–Crippen MR) is 159 cm³/mol. The Hall–Kier alpha value is -3.21. The van der Waals surface area contributed by atoms with Crippen LogP contribution in [0.25, 0.3) is 0 Å². The number of aliphatic carboxylic acids is 1. The molecule has 0 saturated heterocycles. The molecule has 1 aromatic carbocycles. The number of anilines is 1. The number of benzene rings is 1. The second-order valence-electron chi connectivity index (χ2n) is 10.4. The Balaban J connectivity index is 1.41. The lowest BCUT2D eigenvalue weighted by molar-refractivity contribution is -0.140. The number of carboxylic acid groups (broad SMARTS) is 1. The number of Topliss-reactive ketones (excluding diaryl/α,β-unsaturated/α-hetero) is 1. The molecule has 1 spiro atoms. The first-order chi connectivity index (χ1) is 19.7. The number of carboxylic acids is 1. The monoisotopic (exact) mass is 659 g/mol. The van der Waals surface area contributed by atoms with Gasteiger partial charge in [-0.2, -0.15) is 0 Å². The summed E-state index contributed by atoms with van der Waals surface area (Å²) >= 11 is 15.7. The highest BCUT2D eigenvalue weighted by Gasteiger charge is 2.54. The van der Waals surface area contributed by atoms with E-state index in [1.807, 2.05) is 10.8 Å². The number of imidazole rings is 1. The predicted octanol–water partition coefficient (Wildman–Crippen LogP) is 6.19. The van der Waals surface area contributed by atoms with E-state index in [1.54, 1.807) is 36.8 Å². The maximum Gasteiger partial charge on any atom is 0.326 e. The van der Waals surface area contributed by atoms with E-state index in [-0.39, 0.29) is 21.4 Å². The fourth-order valence-corrected chi connectivity index (χ4v) is 7.19. The Bertz CT molecular complexity index is 1470. The molecule has 2 heterocycles. The van der Waals surface area contributed by atoms with Crippen LogP contribution < -0.4 is 10.6 Å². The van der Waals surface area contributed by atoms with Crippen molar-refractivity contribution in [2.24, 2.45) is 5.41 Å². The number of carbonyl (C=O) groups excluding carboxylic acids is 2. The number of amides is 1. The van der Waals surface area contributed by atoms with Crippen LogP contribution >= 0.6 is 39.1 Å². The molecule has 0 aliphatic heterocycles. The van der Waals surface area contributed by atoms with Gasteiger partial charge in [0, 0.05) is 48.6 Å². The molecule has 0 bridgehead atoms. The maximum absolute atomic E-state index is 12.9. The number of ketones is 1. The molecule has 12 heteroatoms. The standard InChI is InChI=1S/C29H28BrCl2N5O4/c30-23-25(29(26(23)38)9-2-1-3-10-29)36-24(28(40)41)19(8-12-37-13-11-33-16-37)17-4-6-18(7-5-17)35-27(39)22-20(31)14-34-15-21(22)32/h4-7,11,13-16,19,24,36H,1-3,8-10,12H2,(H,35,39)(H,40,41)/t19?,24-/m0/s1. The van der Waals surface area contributed by atoms with Gasteiger partial charge in [-0.3, -0.25) is 14.6 Å². The second kappa shape index (κ2) is 12.3. The third kappa shape index (κ3) is 5.91. The number of hydrogen-bond acceptors (Lipinski definition) is 6. The summed E-state index contributed by atoms with van der Waals surface area (Å²) in [5.74, 6) is -1.92. The molecule has 2 atom stereocenters. The van der Waals surface area contributed by atoms with Gasteiger partial charge in [0.15, 0.2) is 5.78 Å². The van der Waals surface area contributed by atoms with Gasteiger partial charge in [0.2, 0.25) is 0 Å². The van der Waals surface area contributed by atoms with Gasteiger partial charge in [-0.05, 0) is 52.9 Å². The molecule has 1 saturated carbocycles. The summed E-state index contributed by atoms with van der Waals surface area (Å²) in [6, 6.07) is 6.03. The second-order valence-corrected chi connectivity index (χ2v) is 12.0. The number of nitrogens with one attached hydrogen (secondary N) is 2. The fourth-order valence-electron chi connectivity index (χ4n) is 5.78. The molecule has 2 aromatic heterocycles. The summed E-state index contributed by atoms with van der Waals surface area (Å²) in [5.41, 5.74) is 1.43. The summed E-state index contributed by atoms with van der Waals surface area (Å²) in [6.45, 7) is 0.540. The fraction of sp³-hybridized carbons (Fsp3) is 0.345. The smallest absolute Gasteiger partial charge is 0.326 e. The molecular formula is C29H28BrCl2N5O4. The molecule has 9 nitrogen and oxygen atoms in total. The zero-order valence-electron chi connectivity index (χ0n) is 21.9. The molecule has 1 unspecified atom stereocenters. The topological polar surface area (TPSA) is 126 Å². The number of allylic oxidation sites excluding steroid dienone is 2. The van der Waals surface area contributed by atoms with Crippen LogP contribution in [-0.2, 0) is 16.1 Å². The number of aryl methyl sites for hydroxylation is 1. The quantitative estimate of drug-likeness (QED) is 0.237. The van der Waals surface area contributed by atoms with E-state index in [0.717, 1.165) is 37.7 Å². The van der Waals surface area contributed by atoms with Crippen LogP contribution in [0.5, 0.6) is 0 Å². The van der Waals surface area contributed by atoms with E-state index in [9.17, 15) is 19.5 Å². The molecule has 0 radical (unpaired) electrons. The molecule has 5 rings (SSSR count). The molecule has 1 amide bonds. The van der Waals surface area contributed by atoms with Crippen LogP contribution in [0.3, 0.4) is 0 Å². The first kappa shape index (κ1) is 29.3. The van der Waals surface area contributed by atoms with Crippen molar-refractivity contribution in [3.63, 3.8) is 0 Å². The normalized spacial score (nSPS) is 17.6. The number of halogens is 3. The van der Waals surface area contributed by atoms with Crippen LogP contribution in [-0.4, -0.2) is 43.3 Å². The zero-order valence-corrected chi connectivity index (χ0v) is 25.0. The zero-order chi connectivity index (χ0) is 29.1. The van der Waals surface area contributed by atoms with Gasteiger partial charge >= 0.3 is 5.97 Å². The van der Waals surface area contributed by atoms with Crippen LogP contribution in [0.15, 0.2) is 65.6 Å². The molecule has 1 fully saturated rings. The lowest BCUT2D eigenvalue weighted by Gasteiger charge is -2.46. The highest BCUT2D eigenvalue weighted by atomic mass is 79.9. The van der Waals surface area contributed by atoms with E-state index < -0.39 is 29.3 Å². The number of hydrogen-bond donors (Lipinski definition) is 3. The van der Waals surface area contributed by atoms with E-state index in [2.05, 4.69) is 36.5 Å². The number of carbonyl (C=O) groups is 3. The lowest BCUT2D eigenvalue weighted by atomic mass is 9.62. The van der Waals surface area contributed by atoms with E-state index in [1.165, 1.54) is 12.4 Å². The van der Waals surface area contributed by atoms with Gasteiger partial charge in [-0.1, -0.05) is 54.6 Å². The minimum absolute atomic E-state index is 0.0494. The van der Waals surface area contributed by atoms with E-state index in [4.69, 9.17) is 23.2 Å². The van der Waals surface area contributed by atoms with Crippen molar-refractivity contribution in [3.05, 3.63) is 86.7 Å². The molecular weight excluding hydrogens is 633 g/mol. The highest BCUT2D eigenvalue weighted by molar-refractivity contribution is 9.12. The Labute approximate surface area is 255 Å². The van der Waals surface area contributed by atoms with Crippen LogP contribution in [0, 0.1) is 5.41 Å². The summed E-state index contributed by atoms with van der Waals surface area (Å²) in [5, 5.41) is 16.8. The minimum Gasteiger partial charge on any atom is -0.480 e. The van der Waals surface area contributed by atoms with Gasteiger partial charge in [0.05, 0.1) is 31.8 Å². The Morgan fingerprint density at radius 1 is 1.07 bits per heavy atom.